The smallest absolute Gasteiger partial charge is 0.234 e. The van der Waals surface area contributed by atoms with E-state index in [0.29, 0.717) is 12.1 Å². The highest BCUT2D eigenvalue weighted by molar-refractivity contribution is 5.79. The molecule has 106 valence electrons. The Hall–Kier alpha value is -0.610. The largest absolute Gasteiger partial charge is 0.368 e. The van der Waals surface area contributed by atoms with Gasteiger partial charge in [0.15, 0.2) is 0 Å². The molecule has 4 nitrogen and oxygen atoms in total. The fraction of sp³-hybridized carbons (Fsp3) is 0.929. The van der Waals surface area contributed by atoms with Crippen LogP contribution in [0.3, 0.4) is 0 Å². The van der Waals surface area contributed by atoms with Gasteiger partial charge in [-0.25, -0.2) is 0 Å². The van der Waals surface area contributed by atoms with Gasteiger partial charge in [-0.15, -0.1) is 0 Å². The fourth-order valence-electron chi connectivity index (χ4n) is 2.70. The van der Waals surface area contributed by atoms with Crippen molar-refractivity contribution < 1.29 is 4.79 Å². The molecule has 1 saturated heterocycles. The predicted octanol–water partition coefficient (Wildman–Crippen LogP) is 1.35. The third-order valence-corrected chi connectivity index (χ3v) is 3.83. The molecule has 0 aromatic rings. The number of hydrogen-bond donors (Lipinski definition) is 2. The SMILES string of the molecule is CC1CCC(C)N(CCC(NC(C)C)C(N)=O)C1. The molecule has 1 heterocycles. The van der Waals surface area contributed by atoms with Gasteiger partial charge in [-0.2, -0.15) is 0 Å². The summed E-state index contributed by atoms with van der Waals surface area (Å²) in [5, 5.41) is 3.24. The van der Waals surface area contributed by atoms with Gasteiger partial charge in [0.1, 0.15) is 0 Å². The highest BCUT2D eigenvalue weighted by Crippen LogP contribution is 2.21. The van der Waals surface area contributed by atoms with E-state index >= 15 is 0 Å². The number of rotatable bonds is 6. The van der Waals surface area contributed by atoms with Crippen molar-refractivity contribution in [3.8, 4) is 0 Å². The average molecular weight is 255 g/mol. The Morgan fingerprint density at radius 3 is 2.61 bits per heavy atom. The zero-order chi connectivity index (χ0) is 13.7. The molecule has 1 amide bonds. The number of nitrogens with zero attached hydrogens (tertiary/aromatic N) is 1. The summed E-state index contributed by atoms with van der Waals surface area (Å²) in [7, 11) is 0. The van der Waals surface area contributed by atoms with Crippen LogP contribution in [0.15, 0.2) is 0 Å². The zero-order valence-corrected chi connectivity index (χ0v) is 12.3. The Morgan fingerprint density at radius 2 is 2.06 bits per heavy atom. The highest BCUT2D eigenvalue weighted by Gasteiger charge is 2.24. The van der Waals surface area contributed by atoms with Gasteiger partial charge in [0, 0.05) is 25.2 Å². The molecule has 18 heavy (non-hydrogen) atoms. The minimum Gasteiger partial charge on any atom is -0.368 e. The Labute approximate surface area is 111 Å². The standard InChI is InChI=1S/C14H29N3O/c1-10(2)16-13(14(15)18)7-8-17-9-11(3)5-6-12(17)4/h10-13,16H,5-9H2,1-4H3,(H2,15,18). The van der Waals surface area contributed by atoms with Crippen LogP contribution in [0.25, 0.3) is 0 Å². The molecule has 1 aliphatic heterocycles. The van der Waals surface area contributed by atoms with Crippen molar-refractivity contribution in [1.82, 2.24) is 10.2 Å². The monoisotopic (exact) mass is 255 g/mol. The van der Waals surface area contributed by atoms with E-state index in [4.69, 9.17) is 5.73 Å². The van der Waals surface area contributed by atoms with E-state index in [0.717, 1.165) is 25.4 Å². The van der Waals surface area contributed by atoms with E-state index in [1.165, 1.54) is 12.8 Å². The summed E-state index contributed by atoms with van der Waals surface area (Å²) in [6.07, 6.45) is 3.39. The molecule has 0 saturated carbocycles. The third kappa shape index (κ3) is 4.94. The van der Waals surface area contributed by atoms with Crippen LogP contribution < -0.4 is 11.1 Å². The van der Waals surface area contributed by atoms with Crippen molar-refractivity contribution in [2.24, 2.45) is 11.7 Å². The van der Waals surface area contributed by atoms with Crippen LogP contribution in [0.1, 0.15) is 47.0 Å². The van der Waals surface area contributed by atoms with Crippen LogP contribution in [-0.2, 0) is 4.79 Å². The number of carbonyl (C=O) groups excluding carboxylic acids is 1. The van der Waals surface area contributed by atoms with Crippen molar-refractivity contribution in [2.75, 3.05) is 13.1 Å². The number of likely N-dealkylation sites (tertiary alicyclic amines) is 1. The van der Waals surface area contributed by atoms with Gasteiger partial charge in [0.25, 0.3) is 0 Å². The Kier molecular flexibility index (Phi) is 6.09. The molecule has 1 fully saturated rings. The molecule has 3 N–H and O–H groups in total. The second-order valence-corrected chi connectivity index (χ2v) is 6.09. The first-order valence-electron chi connectivity index (χ1n) is 7.19. The van der Waals surface area contributed by atoms with E-state index in [2.05, 4.69) is 24.1 Å². The number of carbonyl (C=O) groups is 1. The first-order chi connectivity index (χ1) is 8.40. The first-order valence-corrected chi connectivity index (χ1v) is 7.19. The number of amides is 1. The topological polar surface area (TPSA) is 58.4 Å². The van der Waals surface area contributed by atoms with Gasteiger partial charge >= 0.3 is 0 Å². The van der Waals surface area contributed by atoms with Gasteiger partial charge in [0.2, 0.25) is 5.91 Å². The molecular formula is C14H29N3O. The number of nitrogens with two attached hydrogens (primary N) is 1. The summed E-state index contributed by atoms with van der Waals surface area (Å²) in [5.41, 5.74) is 5.44. The van der Waals surface area contributed by atoms with Crippen LogP contribution in [0.5, 0.6) is 0 Å². The van der Waals surface area contributed by atoms with Gasteiger partial charge in [-0.05, 0) is 32.1 Å². The molecule has 4 heteroatoms. The third-order valence-electron chi connectivity index (χ3n) is 3.83. The normalized spacial score (nSPS) is 27.4. The van der Waals surface area contributed by atoms with Crippen LogP contribution >= 0.6 is 0 Å². The molecule has 1 rings (SSSR count). The lowest BCUT2D eigenvalue weighted by molar-refractivity contribution is -0.120. The fourth-order valence-corrected chi connectivity index (χ4v) is 2.70. The Bertz CT molecular complexity index is 268. The lowest BCUT2D eigenvalue weighted by Gasteiger charge is -2.37. The van der Waals surface area contributed by atoms with Crippen LogP contribution in [0.2, 0.25) is 0 Å². The number of nitrogens with one attached hydrogen (secondary N) is 1. The molecule has 3 unspecified atom stereocenters. The molecule has 0 bridgehead atoms. The van der Waals surface area contributed by atoms with Crippen LogP contribution in [-0.4, -0.2) is 42.0 Å². The van der Waals surface area contributed by atoms with Crippen molar-refractivity contribution in [1.29, 1.82) is 0 Å². The molecule has 0 aromatic heterocycles. The van der Waals surface area contributed by atoms with Crippen LogP contribution in [0.4, 0.5) is 0 Å². The maximum Gasteiger partial charge on any atom is 0.234 e. The van der Waals surface area contributed by atoms with Gasteiger partial charge in [-0.1, -0.05) is 20.8 Å². The molecule has 0 aromatic carbocycles. The Balaban J connectivity index is 2.43. The van der Waals surface area contributed by atoms with Gasteiger partial charge < -0.3 is 16.0 Å². The lowest BCUT2D eigenvalue weighted by Crippen LogP contribution is -2.48. The number of piperidine rings is 1. The molecule has 0 radical (unpaired) electrons. The second-order valence-electron chi connectivity index (χ2n) is 6.09. The second kappa shape index (κ2) is 7.10. The van der Waals surface area contributed by atoms with Crippen molar-refractivity contribution in [3.05, 3.63) is 0 Å². The molecule has 1 aliphatic rings. The summed E-state index contributed by atoms with van der Waals surface area (Å²) < 4.78 is 0. The summed E-state index contributed by atoms with van der Waals surface area (Å²) in [4.78, 5) is 13.9. The van der Waals surface area contributed by atoms with Crippen molar-refractivity contribution >= 4 is 5.91 Å². The maximum absolute atomic E-state index is 11.4. The van der Waals surface area contributed by atoms with E-state index in [-0.39, 0.29) is 11.9 Å². The van der Waals surface area contributed by atoms with E-state index in [1.54, 1.807) is 0 Å². The molecule has 0 aliphatic carbocycles. The van der Waals surface area contributed by atoms with E-state index in [1.807, 2.05) is 13.8 Å². The Morgan fingerprint density at radius 1 is 1.39 bits per heavy atom. The number of hydrogen-bond acceptors (Lipinski definition) is 3. The van der Waals surface area contributed by atoms with E-state index < -0.39 is 0 Å². The zero-order valence-electron chi connectivity index (χ0n) is 12.3. The summed E-state index contributed by atoms with van der Waals surface area (Å²) in [6.45, 7) is 10.8. The minimum absolute atomic E-state index is 0.200. The predicted molar refractivity (Wildman–Crippen MR) is 75.3 cm³/mol. The lowest BCUT2D eigenvalue weighted by atomic mass is 9.94. The van der Waals surface area contributed by atoms with Crippen molar-refractivity contribution in [2.45, 2.75) is 65.1 Å². The summed E-state index contributed by atoms with van der Waals surface area (Å²) >= 11 is 0. The molecule has 3 atom stereocenters. The minimum atomic E-state index is -0.235. The van der Waals surface area contributed by atoms with Crippen molar-refractivity contribution in [3.63, 3.8) is 0 Å². The van der Waals surface area contributed by atoms with Gasteiger partial charge in [0.05, 0.1) is 6.04 Å². The highest BCUT2D eigenvalue weighted by atomic mass is 16.1. The van der Waals surface area contributed by atoms with Crippen LogP contribution in [0, 0.1) is 5.92 Å². The van der Waals surface area contributed by atoms with E-state index in [9.17, 15) is 4.79 Å². The summed E-state index contributed by atoms with van der Waals surface area (Å²) in [5.74, 6) is 0.535. The average Bonchev–Trinajstić information content (AvgIpc) is 2.27. The maximum atomic E-state index is 11.4. The number of primary amides is 1. The molecule has 0 spiro atoms. The first kappa shape index (κ1) is 15.4. The molecular weight excluding hydrogens is 226 g/mol. The van der Waals surface area contributed by atoms with Gasteiger partial charge in [-0.3, -0.25) is 4.79 Å². The quantitative estimate of drug-likeness (QED) is 0.753. The summed E-state index contributed by atoms with van der Waals surface area (Å²) in [6, 6.07) is 0.725.